The average Bonchev–Trinajstić information content (AvgIpc) is 2.82. The van der Waals surface area contributed by atoms with Crippen molar-refractivity contribution in [3.05, 3.63) is 65.5 Å². The minimum atomic E-state index is 0.311. The Kier molecular flexibility index (Phi) is 3.76. The number of imidazole rings is 1. The van der Waals surface area contributed by atoms with Crippen LogP contribution in [-0.4, -0.2) is 9.55 Å². The highest BCUT2D eigenvalue weighted by atomic mass is 15.1. The Morgan fingerprint density at radius 3 is 2.52 bits per heavy atom. The zero-order chi connectivity index (χ0) is 14.8. The molecule has 3 nitrogen and oxygen atoms in total. The van der Waals surface area contributed by atoms with Crippen molar-refractivity contribution in [1.82, 2.24) is 14.9 Å². The van der Waals surface area contributed by atoms with E-state index in [1.165, 1.54) is 16.6 Å². The molecular formula is C18H21N3. The summed E-state index contributed by atoms with van der Waals surface area (Å²) in [7, 11) is 2.07. The molecule has 1 aromatic heterocycles. The number of benzene rings is 2. The van der Waals surface area contributed by atoms with Gasteiger partial charge in [-0.3, -0.25) is 0 Å². The van der Waals surface area contributed by atoms with E-state index in [1.807, 2.05) is 6.07 Å². The highest BCUT2D eigenvalue weighted by molar-refractivity contribution is 5.75. The monoisotopic (exact) mass is 279 g/mol. The number of hydrogen-bond acceptors (Lipinski definition) is 2. The molecule has 0 aliphatic rings. The standard InChI is InChI=1S/C18H21N3/c1-13-8-10-15(11-9-13)14(2)19-12-18-20-16-6-4-5-7-17(16)21(18)3/h4-11,14,19H,12H2,1-3H3. The molecule has 0 radical (unpaired) electrons. The lowest BCUT2D eigenvalue weighted by atomic mass is 10.1. The maximum absolute atomic E-state index is 4.69. The Morgan fingerprint density at radius 2 is 1.81 bits per heavy atom. The van der Waals surface area contributed by atoms with Gasteiger partial charge >= 0.3 is 0 Å². The van der Waals surface area contributed by atoms with Crippen LogP contribution >= 0.6 is 0 Å². The molecule has 0 fully saturated rings. The molecule has 0 saturated heterocycles. The first-order chi connectivity index (χ1) is 10.1. The molecular weight excluding hydrogens is 258 g/mol. The van der Waals surface area contributed by atoms with Crippen LogP contribution < -0.4 is 5.32 Å². The summed E-state index contributed by atoms with van der Waals surface area (Å²) >= 11 is 0. The summed E-state index contributed by atoms with van der Waals surface area (Å²) < 4.78 is 2.16. The lowest BCUT2D eigenvalue weighted by Crippen LogP contribution is -2.20. The second-order valence-corrected chi connectivity index (χ2v) is 5.59. The van der Waals surface area contributed by atoms with E-state index in [-0.39, 0.29) is 0 Å². The van der Waals surface area contributed by atoms with E-state index in [0.717, 1.165) is 17.9 Å². The van der Waals surface area contributed by atoms with Gasteiger partial charge in [-0.25, -0.2) is 4.98 Å². The molecule has 0 bridgehead atoms. The van der Waals surface area contributed by atoms with E-state index in [4.69, 9.17) is 4.98 Å². The molecule has 0 saturated carbocycles. The molecule has 1 atom stereocenters. The summed E-state index contributed by atoms with van der Waals surface area (Å²) in [5.41, 5.74) is 4.83. The highest BCUT2D eigenvalue weighted by Crippen LogP contribution is 2.16. The van der Waals surface area contributed by atoms with E-state index >= 15 is 0 Å². The topological polar surface area (TPSA) is 29.9 Å². The van der Waals surface area contributed by atoms with Crippen LogP contribution in [0.3, 0.4) is 0 Å². The number of para-hydroxylation sites is 2. The fourth-order valence-electron chi connectivity index (χ4n) is 2.57. The number of rotatable bonds is 4. The number of hydrogen-bond donors (Lipinski definition) is 1. The largest absolute Gasteiger partial charge is 0.330 e. The van der Waals surface area contributed by atoms with Gasteiger partial charge in [0.05, 0.1) is 17.6 Å². The van der Waals surface area contributed by atoms with Crippen LogP contribution in [0.15, 0.2) is 48.5 Å². The number of fused-ring (bicyclic) bond motifs is 1. The smallest absolute Gasteiger partial charge is 0.123 e. The first-order valence-corrected chi connectivity index (χ1v) is 7.35. The lowest BCUT2D eigenvalue weighted by molar-refractivity contribution is 0.551. The first kappa shape index (κ1) is 13.8. The van der Waals surface area contributed by atoms with Crippen LogP contribution in [0.5, 0.6) is 0 Å². The Morgan fingerprint density at radius 1 is 1.10 bits per heavy atom. The Hall–Kier alpha value is -2.13. The van der Waals surface area contributed by atoms with Gasteiger partial charge in [0.25, 0.3) is 0 Å². The second-order valence-electron chi connectivity index (χ2n) is 5.59. The molecule has 1 unspecified atom stereocenters. The summed E-state index contributed by atoms with van der Waals surface area (Å²) in [5.74, 6) is 1.06. The van der Waals surface area contributed by atoms with Gasteiger partial charge in [-0.15, -0.1) is 0 Å². The van der Waals surface area contributed by atoms with E-state index in [9.17, 15) is 0 Å². The SMILES string of the molecule is Cc1ccc(C(C)NCc2nc3ccccc3n2C)cc1. The van der Waals surface area contributed by atoms with E-state index in [0.29, 0.717) is 6.04 Å². The maximum atomic E-state index is 4.69. The van der Waals surface area contributed by atoms with Gasteiger partial charge in [0.1, 0.15) is 5.82 Å². The molecule has 3 aromatic rings. The maximum Gasteiger partial charge on any atom is 0.123 e. The van der Waals surface area contributed by atoms with Crippen molar-refractivity contribution in [2.75, 3.05) is 0 Å². The molecule has 0 aliphatic heterocycles. The van der Waals surface area contributed by atoms with Crippen molar-refractivity contribution in [1.29, 1.82) is 0 Å². The van der Waals surface area contributed by atoms with Crippen LogP contribution in [0.25, 0.3) is 11.0 Å². The molecule has 2 aromatic carbocycles. The molecule has 0 amide bonds. The summed E-state index contributed by atoms with van der Waals surface area (Å²) in [6, 6.07) is 17.2. The Balaban J connectivity index is 1.74. The molecule has 3 heteroatoms. The normalized spacial score (nSPS) is 12.7. The number of nitrogens with zero attached hydrogens (tertiary/aromatic N) is 2. The summed E-state index contributed by atoms with van der Waals surface area (Å²) in [6.07, 6.45) is 0. The van der Waals surface area contributed by atoms with Crippen molar-refractivity contribution in [2.45, 2.75) is 26.4 Å². The lowest BCUT2D eigenvalue weighted by Gasteiger charge is -2.14. The second kappa shape index (κ2) is 5.70. The fraction of sp³-hybridized carbons (Fsp3) is 0.278. The average molecular weight is 279 g/mol. The van der Waals surface area contributed by atoms with Gasteiger partial charge < -0.3 is 9.88 Å². The Bertz CT molecular complexity index is 741. The predicted molar refractivity (Wildman–Crippen MR) is 87.1 cm³/mol. The first-order valence-electron chi connectivity index (χ1n) is 7.35. The summed E-state index contributed by atoms with van der Waals surface area (Å²) in [6.45, 7) is 5.06. The van der Waals surface area contributed by atoms with Gasteiger partial charge in [0.2, 0.25) is 0 Å². The van der Waals surface area contributed by atoms with Gasteiger partial charge in [-0.1, -0.05) is 42.0 Å². The quantitative estimate of drug-likeness (QED) is 0.788. The molecule has 21 heavy (non-hydrogen) atoms. The third-order valence-electron chi connectivity index (χ3n) is 4.02. The van der Waals surface area contributed by atoms with Crippen LogP contribution in [0, 0.1) is 6.92 Å². The van der Waals surface area contributed by atoms with Gasteiger partial charge in [0, 0.05) is 13.1 Å². The number of nitrogens with one attached hydrogen (secondary N) is 1. The van der Waals surface area contributed by atoms with Crippen LogP contribution in [-0.2, 0) is 13.6 Å². The molecule has 1 N–H and O–H groups in total. The third-order valence-corrected chi connectivity index (χ3v) is 4.02. The fourth-order valence-corrected chi connectivity index (χ4v) is 2.57. The van der Waals surface area contributed by atoms with Gasteiger partial charge in [-0.05, 0) is 31.5 Å². The van der Waals surface area contributed by atoms with Crippen molar-refractivity contribution in [2.24, 2.45) is 7.05 Å². The van der Waals surface area contributed by atoms with Crippen LogP contribution in [0.1, 0.15) is 29.9 Å². The molecule has 3 rings (SSSR count). The predicted octanol–water partition coefficient (Wildman–Crippen LogP) is 3.73. The molecule has 1 heterocycles. The van der Waals surface area contributed by atoms with E-state index in [2.05, 4.69) is 73.2 Å². The number of aryl methyl sites for hydroxylation is 2. The minimum absolute atomic E-state index is 0.311. The molecule has 108 valence electrons. The highest BCUT2D eigenvalue weighted by Gasteiger charge is 2.09. The van der Waals surface area contributed by atoms with Crippen molar-refractivity contribution >= 4 is 11.0 Å². The third kappa shape index (κ3) is 2.83. The number of aromatic nitrogens is 2. The molecule has 0 spiro atoms. The van der Waals surface area contributed by atoms with E-state index in [1.54, 1.807) is 0 Å². The Labute approximate surface area is 125 Å². The zero-order valence-corrected chi connectivity index (χ0v) is 12.8. The van der Waals surface area contributed by atoms with Crippen molar-refractivity contribution < 1.29 is 0 Å². The summed E-state index contributed by atoms with van der Waals surface area (Å²) in [4.78, 5) is 4.69. The van der Waals surface area contributed by atoms with Crippen LogP contribution in [0.4, 0.5) is 0 Å². The van der Waals surface area contributed by atoms with Gasteiger partial charge in [0.15, 0.2) is 0 Å². The van der Waals surface area contributed by atoms with E-state index < -0.39 is 0 Å². The zero-order valence-electron chi connectivity index (χ0n) is 12.8. The van der Waals surface area contributed by atoms with Crippen molar-refractivity contribution in [3.8, 4) is 0 Å². The molecule has 0 aliphatic carbocycles. The van der Waals surface area contributed by atoms with Gasteiger partial charge in [-0.2, -0.15) is 0 Å². The summed E-state index contributed by atoms with van der Waals surface area (Å²) in [5, 5.41) is 3.55. The van der Waals surface area contributed by atoms with Crippen molar-refractivity contribution in [3.63, 3.8) is 0 Å². The minimum Gasteiger partial charge on any atom is -0.330 e. The van der Waals surface area contributed by atoms with Crippen LogP contribution in [0.2, 0.25) is 0 Å².